The molecule has 1 heterocycles. The van der Waals surface area contributed by atoms with Crippen molar-refractivity contribution in [2.45, 2.75) is 6.92 Å². The van der Waals surface area contributed by atoms with Crippen molar-refractivity contribution in [1.29, 1.82) is 0 Å². The van der Waals surface area contributed by atoms with Crippen LogP contribution in [0.1, 0.15) is 16.1 Å². The van der Waals surface area contributed by atoms with Gasteiger partial charge in [-0.3, -0.25) is 9.48 Å². The Morgan fingerprint density at radius 2 is 1.73 bits per heavy atom. The van der Waals surface area contributed by atoms with E-state index in [-0.39, 0.29) is 5.91 Å². The Labute approximate surface area is 129 Å². The lowest BCUT2D eigenvalue weighted by atomic mass is 10.1. The van der Waals surface area contributed by atoms with E-state index in [1.807, 2.05) is 68.6 Å². The van der Waals surface area contributed by atoms with Gasteiger partial charge in [0.05, 0.1) is 5.69 Å². The Bertz CT molecular complexity index is 789. The van der Waals surface area contributed by atoms with Gasteiger partial charge in [-0.05, 0) is 30.7 Å². The lowest BCUT2D eigenvalue weighted by Gasteiger charge is -2.02. The summed E-state index contributed by atoms with van der Waals surface area (Å²) in [7, 11) is 1.84. The molecule has 1 amide bonds. The van der Waals surface area contributed by atoms with Crippen molar-refractivity contribution in [3.63, 3.8) is 0 Å². The number of carbonyl (C=O) groups excluding carboxylic acids is 1. The van der Waals surface area contributed by atoms with Crippen molar-refractivity contribution in [3.8, 4) is 11.3 Å². The zero-order chi connectivity index (χ0) is 15.5. The molecule has 3 aromatic rings. The van der Waals surface area contributed by atoms with Gasteiger partial charge in [0, 0.05) is 12.7 Å². The fraction of sp³-hybridized carbons (Fsp3) is 0.111. The molecular weight excluding hydrogens is 274 g/mol. The Kier molecular flexibility index (Phi) is 3.74. The van der Waals surface area contributed by atoms with Gasteiger partial charge in [-0.1, -0.05) is 48.0 Å². The van der Waals surface area contributed by atoms with Crippen molar-refractivity contribution < 1.29 is 4.79 Å². The first-order chi connectivity index (χ1) is 10.6. The van der Waals surface area contributed by atoms with E-state index >= 15 is 0 Å². The largest absolute Gasteiger partial charge is 0.321 e. The molecule has 0 aliphatic rings. The van der Waals surface area contributed by atoms with Gasteiger partial charge in [-0.25, -0.2) is 0 Å². The van der Waals surface area contributed by atoms with Crippen LogP contribution in [0.3, 0.4) is 0 Å². The number of anilines is 1. The highest BCUT2D eigenvalue weighted by Crippen LogP contribution is 2.20. The maximum atomic E-state index is 12.3. The van der Waals surface area contributed by atoms with Gasteiger partial charge in [-0.15, -0.1) is 0 Å². The summed E-state index contributed by atoms with van der Waals surface area (Å²) in [6.07, 6.45) is 0. The van der Waals surface area contributed by atoms with Crippen LogP contribution in [0.5, 0.6) is 0 Å². The number of rotatable bonds is 3. The maximum Gasteiger partial charge on any atom is 0.276 e. The molecule has 0 saturated carbocycles. The van der Waals surface area contributed by atoms with Crippen LogP contribution in [0.25, 0.3) is 11.3 Å². The maximum absolute atomic E-state index is 12.3. The molecule has 22 heavy (non-hydrogen) atoms. The standard InChI is InChI=1S/C18H17N3O/c1-13-8-10-15(11-9-13)19-18(22)16-12-17(21(2)20-16)14-6-4-3-5-7-14/h3-12H,1-2H3,(H,19,22). The molecule has 110 valence electrons. The summed E-state index contributed by atoms with van der Waals surface area (Å²) < 4.78 is 1.72. The fourth-order valence-electron chi connectivity index (χ4n) is 2.29. The second kappa shape index (κ2) is 5.85. The predicted molar refractivity (Wildman–Crippen MR) is 87.8 cm³/mol. The molecule has 3 rings (SSSR count). The molecule has 0 bridgehead atoms. The van der Waals surface area contributed by atoms with Gasteiger partial charge in [-0.2, -0.15) is 5.10 Å². The summed E-state index contributed by atoms with van der Waals surface area (Å²) in [5.74, 6) is -0.207. The Hall–Kier alpha value is -2.88. The van der Waals surface area contributed by atoms with Crippen LogP contribution in [-0.4, -0.2) is 15.7 Å². The van der Waals surface area contributed by atoms with Gasteiger partial charge in [0.15, 0.2) is 5.69 Å². The second-order valence-corrected chi connectivity index (χ2v) is 5.22. The molecule has 0 unspecified atom stereocenters. The lowest BCUT2D eigenvalue weighted by molar-refractivity contribution is 0.102. The third-order valence-corrected chi connectivity index (χ3v) is 3.49. The molecule has 0 aliphatic heterocycles. The first kappa shape index (κ1) is 14.1. The normalized spacial score (nSPS) is 10.5. The first-order valence-electron chi connectivity index (χ1n) is 7.11. The van der Waals surface area contributed by atoms with Crippen molar-refractivity contribution in [2.75, 3.05) is 5.32 Å². The quantitative estimate of drug-likeness (QED) is 0.800. The monoisotopic (exact) mass is 291 g/mol. The molecule has 4 nitrogen and oxygen atoms in total. The number of nitrogens with zero attached hydrogens (tertiary/aromatic N) is 2. The predicted octanol–water partition coefficient (Wildman–Crippen LogP) is 3.65. The summed E-state index contributed by atoms with van der Waals surface area (Å²) >= 11 is 0. The number of amides is 1. The smallest absolute Gasteiger partial charge is 0.276 e. The number of nitrogens with one attached hydrogen (secondary N) is 1. The van der Waals surface area contributed by atoms with Crippen LogP contribution >= 0.6 is 0 Å². The molecule has 0 saturated heterocycles. The SMILES string of the molecule is Cc1ccc(NC(=O)c2cc(-c3ccccc3)n(C)n2)cc1. The number of hydrogen-bond donors (Lipinski definition) is 1. The van der Waals surface area contributed by atoms with Gasteiger partial charge in [0.25, 0.3) is 5.91 Å². The average Bonchev–Trinajstić information content (AvgIpc) is 2.92. The number of carbonyl (C=O) groups is 1. The van der Waals surface area contributed by atoms with Crippen molar-refractivity contribution in [2.24, 2.45) is 7.05 Å². The van der Waals surface area contributed by atoms with Crippen molar-refractivity contribution in [1.82, 2.24) is 9.78 Å². The van der Waals surface area contributed by atoms with E-state index in [2.05, 4.69) is 10.4 Å². The van der Waals surface area contributed by atoms with E-state index in [1.54, 1.807) is 10.7 Å². The van der Waals surface area contributed by atoms with Gasteiger partial charge in [0.1, 0.15) is 0 Å². The van der Waals surface area contributed by atoms with Crippen LogP contribution in [0.2, 0.25) is 0 Å². The van der Waals surface area contributed by atoms with Crippen LogP contribution in [0, 0.1) is 6.92 Å². The Morgan fingerprint density at radius 1 is 1.05 bits per heavy atom. The number of hydrogen-bond acceptors (Lipinski definition) is 2. The average molecular weight is 291 g/mol. The van der Waals surface area contributed by atoms with Crippen molar-refractivity contribution >= 4 is 11.6 Å². The van der Waals surface area contributed by atoms with Crippen LogP contribution in [0.4, 0.5) is 5.69 Å². The molecule has 2 aromatic carbocycles. The van der Waals surface area contributed by atoms with E-state index in [0.29, 0.717) is 5.69 Å². The third-order valence-electron chi connectivity index (χ3n) is 3.49. The topological polar surface area (TPSA) is 46.9 Å². The molecule has 0 fully saturated rings. The fourth-order valence-corrected chi connectivity index (χ4v) is 2.29. The molecular formula is C18H17N3O. The molecule has 0 aliphatic carbocycles. The molecule has 4 heteroatoms. The van der Waals surface area contributed by atoms with Crippen LogP contribution in [0.15, 0.2) is 60.7 Å². The molecule has 0 radical (unpaired) electrons. The Balaban J connectivity index is 1.83. The van der Waals surface area contributed by atoms with E-state index < -0.39 is 0 Å². The van der Waals surface area contributed by atoms with Gasteiger partial charge < -0.3 is 5.32 Å². The third kappa shape index (κ3) is 2.91. The highest BCUT2D eigenvalue weighted by atomic mass is 16.1. The summed E-state index contributed by atoms with van der Waals surface area (Å²) in [5, 5.41) is 7.17. The van der Waals surface area contributed by atoms with Crippen molar-refractivity contribution in [3.05, 3.63) is 71.9 Å². The lowest BCUT2D eigenvalue weighted by Crippen LogP contribution is -2.12. The molecule has 1 aromatic heterocycles. The minimum absolute atomic E-state index is 0.207. The highest BCUT2D eigenvalue weighted by molar-refractivity contribution is 6.03. The number of aromatic nitrogens is 2. The van der Waals surface area contributed by atoms with E-state index in [0.717, 1.165) is 22.5 Å². The number of benzene rings is 2. The van der Waals surface area contributed by atoms with E-state index in [9.17, 15) is 4.79 Å². The zero-order valence-electron chi connectivity index (χ0n) is 12.6. The van der Waals surface area contributed by atoms with Crippen LogP contribution in [-0.2, 0) is 7.05 Å². The van der Waals surface area contributed by atoms with E-state index in [4.69, 9.17) is 0 Å². The van der Waals surface area contributed by atoms with Gasteiger partial charge >= 0.3 is 0 Å². The van der Waals surface area contributed by atoms with Crippen LogP contribution < -0.4 is 5.32 Å². The Morgan fingerprint density at radius 3 is 2.41 bits per heavy atom. The second-order valence-electron chi connectivity index (χ2n) is 5.22. The number of aryl methyl sites for hydroxylation is 2. The van der Waals surface area contributed by atoms with E-state index in [1.165, 1.54) is 0 Å². The summed E-state index contributed by atoms with van der Waals surface area (Å²) in [6, 6.07) is 19.4. The molecule has 1 N–H and O–H groups in total. The minimum Gasteiger partial charge on any atom is -0.321 e. The minimum atomic E-state index is -0.207. The zero-order valence-corrected chi connectivity index (χ0v) is 12.6. The summed E-state index contributed by atoms with van der Waals surface area (Å²) in [6.45, 7) is 2.01. The summed E-state index contributed by atoms with van der Waals surface area (Å²) in [5.41, 5.74) is 4.27. The summed E-state index contributed by atoms with van der Waals surface area (Å²) in [4.78, 5) is 12.3. The molecule has 0 atom stereocenters. The first-order valence-corrected chi connectivity index (χ1v) is 7.11. The molecule has 0 spiro atoms. The highest BCUT2D eigenvalue weighted by Gasteiger charge is 2.13. The van der Waals surface area contributed by atoms with Gasteiger partial charge in [0.2, 0.25) is 0 Å².